The van der Waals surface area contributed by atoms with Crippen LogP contribution in [0.25, 0.3) is 5.69 Å². The Hall–Kier alpha value is -3.95. The van der Waals surface area contributed by atoms with Crippen molar-refractivity contribution < 1.29 is 14.3 Å². The highest BCUT2D eigenvalue weighted by molar-refractivity contribution is 5.89. The molecule has 10 heteroatoms. The number of aromatic nitrogens is 4. The van der Waals surface area contributed by atoms with Crippen molar-refractivity contribution in [3.8, 4) is 5.69 Å². The van der Waals surface area contributed by atoms with Crippen molar-refractivity contribution in [3.63, 3.8) is 0 Å². The van der Waals surface area contributed by atoms with Crippen molar-refractivity contribution in [2.75, 3.05) is 29.9 Å². The number of ether oxygens (including phenoxy) is 1. The molecule has 10 nitrogen and oxygen atoms in total. The van der Waals surface area contributed by atoms with E-state index >= 15 is 0 Å². The van der Waals surface area contributed by atoms with Gasteiger partial charge in [0.1, 0.15) is 12.1 Å². The Morgan fingerprint density at radius 3 is 2.44 bits per heavy atom. The second-order valence-electron chi connectivity index (χ2n) is 8.34. The van der Waals surface area contributed by atoms with E-state index in [9.17, 15) is 9.59 Å². The van der Waals surface area contributed by atoms with E-state index in [-0.39, 0.29) is 24.0 Å². The number of hydrogen-bond donors (Lipinski definition) is 1. The Morgan fingerprint density at radius 2 is 1.79 bits per heavy atom. The third kappa shape index (κ3) is 5.00. The van der Waals surface area contributed by atoms with Gasteiger partial charge >= 0.3 is 5.97 Å². The summed E-state index contributed by atoms with van der Waals surface area (Å²) in [6.07, 6.45) is 3.38. The van der Waals surface area contributed by atoms with Crippen molar-refractivity contribution in [2.24, 2.45) is 0 Å². The first-order chi connectivity index (χ1) is 16.4. The summed E-state index contributed by atoms with van der Waals surface area (Å²) in [5.74, 6) is 1.01. The fourth-order valence-electron chi connectivity index (χ4n) is 4.33. The molecule has 0 spiro atoms. The molecule has 1 aliphatic rings. The topological polar surface area (TPSA) is 105 Å². The van der Waals surface area contributed by atoms with Gasteiger partial charge in [-0.1, -0.05) is 0 Å². The van der Waals surface area contributed by atoms with Crippen molar-refractivity contribution in [1.82, 2.24) is 24.6 Å². The molecule has 1 amide bonds. The van der Waals surface area contributed by atoms with Crippen molar-refractivity contribution >= 4 is 29.3 Å². The quantitative estimate of drug-likeness (QED) is 0.556. The van der Waals surface area contributed by atoms with Gasteiger partial charge in [0.15, 0.2) is 0 Å². The third-order valence-electron chi connectivity index (χ3n) is 5.74. The Kier molecular flexibility index (Phi) is 6.76. The summed E-state index contributed by atoms with van der Waals surface area (Å²) in [4.78, 5) is 36.8. The van der Waals surface area contributed by atoms with E-state index in [4.69, 9.17) is 4.74 Å². The minimum atomic E-state index is -0.351. The SMILES string of the molecule is CCOC(=O)c1ccc(Nc2ncn(-c3ccnc(N4CC(C)N(C(C)=O)C(C)C4)c3)n2)cc1. The van der Waals surface area contributed by atoms with E-state index < -0.39 is 0 Å². The smallest absolute Gasteiger partial charge is 0.338 e. The predicted molar refractivity (Wildman–Crippen MR) is 128 cm³/mol. The van der Waals surface area contributed by atoms with Crippen LogP contribution in [0.2, 0.25) is 0 Å². The van der Waals surface area contributed by atoms with Crippen LogP contribution in [0.4, 0.5) is 17.5 Å². The molecule has 2 atom stereocenters. The first-order valence-corrected chi connectivity index (χ1v) is 11.3. The second kappa shape index (κ2) is 9.90. The van der Waals surface area contributed by atoms with E-state index in [1.54, 1.807) is 55.3 Å². The maximum absolute atomic E-state index is 12.0. The van der Waals surface area contributed by atoms with Gasteiger partial charge < -0.3 is 19.9 Å². The Morgan fingerprint density at radius 1 is 1.09 bits per heavy atom. The molecule has 34 heavy (non-hydrogen) atoms. The minimum absolute atomic E-state index is 0.0968. The van der Waals surface area contributed by atoms with Gasteiger partial charge in [-0.2, -0.15) is 4.98 Å². The minimum Gasteiger partial charge on any atom is -0.462 e. The maximum Gasteiger partial charge on any atom is 0.338 e. The lowest BCUT2D eigenvalue weighted by atomic mass is 10.1. The van der Waals surface area contributed by atoms with E-state index in [0.717, 1.165) is 17.2 Å². The van der Waals surface area contributed by atoms with Crippen LogP contribution in [0.15, 0.2) is 48.9 Å². The average molecular weight is 464 g/mol. The molecule has 178 valence electrons. The van der Waals surface area contributed by atoms with E-state index in [2.05, 4.69) is 39.1 Å². The summed E-state index contributed by atoms with van der Waals surface area (Å²) in [6.45, 7) is 9.27. The number of rotatable bonds is 6. The number of nitrogens with zero attached hydrogens (tertiary/aromatic N) is 6. The lowest BCUT2D eigenvalue weighted by Gasteiger charge is -2.44. The predicted octanol–water partition coefficient (Wildman–Crippen LogP) is 3.03. The summed E-state index contributed by atoms with van der Waals surface area (Å²) in [6, 6.07) is 11.0. The molecular weight excluding hydrogens is 434 g/mol. The molecule has 1 saturated heterocycles. The van der Waals surface area contributed by atoms with Crippen LogP contribution < -0.4 is 10.2 Å². The lowest BCUT2D eigenvalue weighted by molar-refractivity contribution is -0.133. The van der Waals surface area contributed by atoms with E-state index in [1.165, 1.54) is 0 Å². The average Bonchev–Trinajstić information content (AvgIpc) is 3.27. The fourth-order valence-corrected chi connectivity index (χ4v) is 4.33. The summed E-state index contributed by atoms with van der Waals surface area (Å²) in [5, 5.41) is 7.66. The molecule has 2 aromatic heterocycles. The van der Waals surface area contributed by atoms with Gasteiger partial charge in [0.2, 0.25) is 11.9 Å². The molecule has 1 fully saturated rings. The summed E-state index contributed by atoms with van der Waals surface area (Å²) in [5.41, 5.74) is 2.08. The summed E-state index contributed by atoms with van der Waals surface area (Å²) < 4.78 is 6.69. The molecule has 0 bridgehead atoms. The van der Waals surface area contributed by atoms with Crippen LogP contribution in [-0.2, 0) is 9.53 Å². The largest absolute Gasteiger partial charge is 0.462 e. The van der Waals surface area contributed by atoms with Crippen molar-refractivity contribution in [2.45, 2.75) is 39.8 Å². The van der Waals surface area contributed by atoms with Crippen LogP contribution in [0, 0.1) is 0 Å². The zero-order chi connectivity index (χ0) is 24.2. The van der Waals surface area contributed by atoms with Crippen LogP contribution in [0.3, 0.4) is 0 Å². The Balaban J connectivity index is 1.46. The van der Waals surface area contributed by atoms with E-state index in [0.29, 0.717) is 31.2 Å². The molecule has 1 aromatic carbocycles. The zero-order valence-electron chi connectivity index (χ0n) is 19.8. The number of amides is 1. The first-order valence-electron chi connectivity index (χ1n) is 11.3. The number of pyridine rings is 1. The van der Waals surface area contributed by atoms with Gasteiger partial charge in [-0.15, -0.1) is 5.10 Å². The molecule has 3 heterocycles. The maximum atomic E-state index is 12.0. The molecule has 1 aliphatic heterocycles. The van der Waals surface area contributed by atoms with E-state index in [1.807, 2.05) is 17.0 Å². The molecular formula is C24H29N7O3. The number of nitrogens with one attached hydrogen (secondary N) is 1. The van der Waals surface area contributed by atoms with Gasteiger partial charge in [0, 0.05) is 50.0 Å². The summed E-state index contributed by atoms with van der Waals surface area (Å²) >= 11 is 0. The van der Waals surface area contributed by atoms with Gasteiger partial charge in [-0.25, -0.2) is 14.5 Å². The highest BCUT2D eigenvalue weighted by Crippen LogP contribution is 2.23. The second-order valence-corrected chi connectivity index (χ2v) is 8.34. The number of benzene rings is 1. The lowest BCUT2D eigenvalue weighted by Crippen LogP contribution is -2.58. The van der Waals surface area contributed by atoms with Crippen LogP contribution in [0.5, 0.6) is 0 Å². The van der Waals surface area contributed by atoms with Gasteiger partial charge in [-0.3, -0.25) is 4.79 Å². The molecule has 0 saturated carbocycles. The van der Waals surface area contributed by atoms with Crippen LogP contribution in [0.1, 0.15) is 38.1 Å². The van der Waals surface area contributed by atoms with Crippen LogP contribution in [-0.4, -0.2) is 68.3 Å². The number of hydrogen-bond acceptors (Lipinski definition) is 8. The molecule has 0 radical (unpaired) electrons. The molecule has 4 rings (SSSR count). The molecule has 3 aromatic rings. The Labute approximate surface area is 198 Å². The van der Waals surface area contributed by atoms with Crippen molar-refractivity contribution in [1.29, 1.82) is 0 Å². The van der Waals surface area contributed by atoms with Gasteiger partial charge in [0.25, 0.3) is 0 Å². The molecule has 2 unspecified atom stereocenters. The number of carbonyl (C=O) groups is 2. The highest BCUT2D eigenvalue weighted by atomic mass is 16.5. The monoisotopic (exact) mass is 463 g/mol. The van der Waals surface area contributed by atoms with Gasteiger partial charge in [-0.05, 0) is 51.1 Å². The normalized spacial score (nSPS) is 18.0. The standard InChI is InChI=1S/C24H29N7O3/c1-5-34-23(33)19-6-8-20(9-7-19)27-24-26-15-30(28-24)21-10-11-25-22(12-21)29-13-16(2)31(18(4)32)17(3)14-29/h6-12,15-17H,5,13-14H2,1-4H3,(H,27,28). The number of anilines is 3. The highest BCUT2D eigenvalue weighted by Gasteiger charge is 2.31. The summed E-state index contributed by atoms with van der Waals surface area (Å²) in [7, 11) is 0. The van der Waals surface area contributed by atoms with Crippen LogP contribution >= 0.6 is 0 Å². The zero-order valence-corrected chi connectivity index (χ0v) is 19.8. The number of carbonyl (C=O) groups excluding carboxylic acids is 2. The molecule has 1 N–H and O–H groups in total. The number of esters is 1. The van der Waals surface area contributed by atoms with Gasteiger partial charge in [0.05, 0.1) is 17.9 Å². The molecule has 0 aliphatic carbocycles. The number of piperazine rings is 1. The first kappa shape index (κ1) is 23.2. The fraction of sp³-hybridized carbons (Fsp3) is 0.375. The van der Waals surface area contributed by atoms with Crippen molar-refractivity contribution in [3.05, 3.63) is 54.5 Å². The third-order valence-corrected chi connectivity index (χ3v) is 5.74. The Bertz CT molecular complexity index is 1150.